The number of hydrogen-bond acceptors (Lipinski definition) is 5. The number of benzene rings is 2. The van der Waals surface area contributed by atoms with E-state index >= 15 is 0 Å². The number of nitrogens with one attached hydrogen (secondary N) is 1. The van der Waals surface area contributed by atoms with E-state index in [2.05, 4.69) is 20.5 Å². The lowest BCUT2D eigenvalue weighted by Gasteiger charge is -2.13. The van der Waals surface area contributed by atoms with Crippen LogP contribution in [-0.4, -0.2) is 31.4 Å². The zero-order valence-electron chi connectivity index (χ0n) is 17.7. The Kier molecular flexibility index (Phi) is 6.13. The number of amides is 1. The van der Waals surface area contributed by atoms with Crippen LogP contribution in [0.1, 0.15) is 16.7 Å². The van der Waals surface area contributed by atoms with Gasteiger partial charge < -0.3 is 5.32 Å². The number of thioether (sulfide) groups is 1. The third kappa shape index (κ3) is 4.51. The lowest BCUT2D eigenvalue weighted by molar-refractivity contribution is -0.113. The SMILES string of the molecule is Cc1ccccc1-n1c(SCC(=O)Nc2c(C)cccc2C)nnc1-c1ccncc1. The second-order valence-corrected chi connectivity index (χ2v) is 8.21. The lowest BCUT2D eigenvalue weighted by atomic mass is 10.1. The normalized spacial score (nSPS) is 10.8. The highest BCUT2D eigenvalue weighted by Gasteiger charge is 2.18. The van der Waals surface area contributed by atoms with Crippen LogP contribution in [0.2, 0.25) is 0 Å². The Labute approximate surface area is 185 Å². The van der Waals surface area contributed by atoms with Gasteiger partial charge in [0.25, 0.3) is 0 Å². The van der Waals surface area contributed by atoms with Crippen molar-refractivity contribution in [3.05, 3.63) is 83.7 Å². The van der Waals surface area contributed by atoms with Crippen molar-refractivity contribution in [2.24, 2.45) is 0 Å². The Bertz CT molecular complexity index is 1200. The Morgan fingerprint density at radius 2 is 1.58 bits per heavy atom. The van der Waals surface area contributed by atoms with E-state index in [4.69, 9.17) is 0 Å². The molecule has 0 aliphatic carbocycles. The van der Waals surface area contributed by atoms with E-state index in [9.17, 15) is 4.79 Å². The van der Waals surface area contributed by atoms with Gasteiger partial charge in [-0.05, 0) is 55.7 Å². The molecule has 0 aliphatic rings. The molecule has 4 aromatic rings. The maximum atomic E-state index is 12.7. The first kappa shape index (κ1) is 20.8. The molecule has 0 aliphatic heterocycles. The second-order valence-electron chi connectivity index (χ2n) is 7.27. The van der Waals surface area contributed by atoms with Crippen LogP contribution in [0.5, 0.6) is 0 Å². The number of anilines is 1. The van der Waals surface area contributed by atoms with Gasteiger partial charge in [-0.1, -0.05) is 48.2 Å². The number of pyridine rings is 1. The van der Waals surface area contributed by atoms with E-state index in [0.29, 0.717) is 11.0 Å². The smallest absolute Gasteiger partial charge is 0.234 e. The molecule has 4 rings (SSSR count). The van der Waals surface area contributed by atoms with Gasteiger partial charge in [-0.2, -0.15) is 0 Å². The fourth-order valence-corrected chi connectivity index (χ4v) is 4.14. The van der Waals surface area contributed by atoms with E-state index in [1.165, 1.54) is 11.8 Å². The van der Waals surface area contributed by atoms with Crippen LogP contribution in [0.25, 0.3) is 17.1 Å². The standard InChI is InChI=1S/C24H23N5OS/c1-16-7-4-5-10-20(16)29-23(19-11-13-25-14-12-19)27-28-24(29)31-15-21(30)26-22-17(2)8-6-9-18(22)3/h4-14H,15H2,1-3H3,(H,26,30). The third-order valence-electron chi connectivity index (χ3n) is 5.01. The summed E-state index contributed by atoms with van der Waals surface area (Å²) in [5, 5.41) is 12.5. The topological polar surface area (TPSA) is 72.7 Å². The molecule has 6 nitrogen and oxygen atoms in total. The first-order valence-electron chi connectivity index (χ1n) is 9.95. The molecule has 2 aromatic heterocycles. The van der Waals surface area contributed by atoms with Crippen molar-refractivity contribution in [1.29, 1.82) is 0 Å². The number of para-hydroxylation sites is 2. The number of rotatable bonds is 6. The number of aromatic nitrogens is 4. The van der Waals surface area contributed by atoms with Crippen LogP contribution in [0, 0.1) is 20.8 Å². The van der Waals surface area contributed by atoms with Crippen LogP contribution in [0.3, 0.4) is 0 Å². The molecule has 0 saturated carbocycles. The number of carbonyl (C=O) groups excluding carboxylic acids is 1. The summed E-state index contributed by atoms with van der Waals surface area (Å²) in [5.41, 5.74) is 5.95. The van der Waals surface area contributed by atoms with E-state index in [1.54, 1.807) is 12.4 Å². The summed E-state index contributed by atoms with van der Waals surface area (Å²) in [7, 11) is 0. The molecule has 0 saturated heterocycles. The molecule has 0 atom stereocenters. The van der Waals surface area contributed by atoms with Gasteiger partial charge in [-0.25, -0.2) is 0 Å². The minimum Gasteiger partial charge on any atom is -0.325 e. The van der Waals surface area contributed by atoms with Crippen molar-refractivity contribution in [1.82, 2.24) is 19.7 Å². The van der Waals surface area contributed by atoms with Crippen LogP contribution in [-0.2, 0) is 4.79 Å². The molecule has 31 heavy (non-hydrogen) atoms. The van der Waals surface area contributed by atoms with Crippen molar-refractivity contribution in [2.75, 3.05) is 11.1 Å². The Hall–Kier alpha value is -3.45. The summed E-state index contributed by atoms with van der Waals surface area (Å²) in [5.74, 6) is 0.871. The molecule has 0 spiro atoms. The first-order valence-corrected chi connectivity index (χ1v) is 10.9. The minimum absolute atomic E-state index is 0.0767. The zero-order valence-corrected chi connectivity index (χ0v) is 18.5. The molecule has 0 fully saturated rings. The van der Waals surface area contributed by atoms with Gasteiger partial charge in [0.05, 0.1) is 11.4 Å². The Morgan fingerprint density at radius 3 is 2.29 bits per heavy atom. The van der Waals surface area contributed by atoms with Crippen LogP contribution >= 0.6 is 11.8 Å². The van der Waals surface area contributed by atoms with Crippen molar-refractivity contribution < 1.29 is 4.79 Å². The largest absolute Gasteiger partial charge is 0.325 e. The molecule has 2 heterocycles. The highest BCUT2D eigenvalue weighted by molar-refractivity contribution is 7.99. The third-order valence-corrected chi connectivity index (χ3v) is 5.94. The molecule has 1 N–H and O–H groups in total. The fraction of sp³-hybridized carbons (Fsp3) is 0.167. The quantitative estimate of drug-likeness (QED) is 0.437. The molecule has 0 bridgehead atoms. The van der Waals surface area contributed by atoms with Gasteiger partial charge in [0, 0.05) is 23.6 Å². The van der Waals surface area contributed by atoms with Gasteiger partial charge in [-0.3, -0.25) is 14.3 Å². The average Bonchev–Trinajstić information content (AvgIpc) is 3.19. The molecule has 0 radical (unpaired) electrons. The summed E-state index contributed by atoms with van der Waals surface area (Å²) < 4.78 is 2.00. The average molecular weight is 430 g/mol. The van der Waals surface area contributed by atoms with Gasteiger partial charge in [0.1, 0.15) is 0 Å². The first-order chi connectivity index (χ1) is 15.0. The van der Waals surface area contributed by atoms with E-state index in [0.717, 1.165) is 33.6 Å². The summed E-state index contributed by atoms with van der Waals surface area (Å²) in [6.45, 7) is 6.03. The molecular weight excluding hydrogens is 406 g/mol. The maximum absolute atomic E-state index is 12.7. The molecule has 2 aromatic carbocycles. The van der Waals surface area contributed by atoms with E-state index in [1.807, 2.05) is 79.9 Å². The van der Waals surface area contributed by atoms with Crippen molar-refractivity contribution >= 4 is 23.4 Å². The Balaban J connectivity index is 1.62. The highest BCUT2D eigenvalue weighted by Crippen LogP contribution is 2.29. The maximum Gasteiger partial charge on any atom is 0.234 e. The monoisotopic (exact) mass is 429 g/mol. The van der Waals surface area contributed by atoms with Gasteiger partial charge in [0.15, 0.2) is 11.0 Å². The Morgan fingerprint density at radius 1 is 0.903 bits per heavy atom. The minimum atomic E-state index is -0.0767. The highest BCUT2D eigenvalue weighted by atomic mass is 32.2. The van der Waals surface area contributed by atoms with E-state index < -0.39 is 0 Å². The predicted molar refractivity (Wildman–Crippen MR) is 125 cm³/mol. The van der Waals surface area contributed by atoms with Crippen LogP contribution in [0.15, 0.2) is 72.1 Å². The van der Waals surface area contributed by atoms with Gasteiger partial charge in [-0.15, -0.1) is 10.2 Å². The number of carbonyl (C=O) groups is 1. The van der Waals surface area contributed by atoms with E-state index in [-0.39, 0.29) is 11.7 Å². The molecular formula is C24H23N5OS. The molecule has 7 heteroatoms. The zero-order chi connectivity index (χ0) is 21.8. The molecule has 1 amide bonds. The van der Waals surface area contributed by atoms with Gasteiger partial charge in [0.2, 0.25) is 5.91 Å². The van der Waals surface area contributed by atoms with Crippen molar-refractivity contribution in [3.8, 4) is 17.1 Å². The van der Waals surface area contributed by atoms with Gasteiger partial charge >= 0.3 is 0 Å². The lowest BCUT2D eigenvalue weighted by Crippen LogP contribution is -2.16. The fourth-order valence-electron chi connectivity index (χ4n) is 3.40. The predicted octanol–water partition coefficient (Wildman–Crippen LogP) is 4.99. The summed E-state index contributed by atoms with van der Waals surface area (Å²) >= 11 is 1.37. The summed E-state index contributed by atoms with van der Waals surface area (Å²) in [6.07, 6.45) is 3.47. The number of nitrogens with zero attached hydrogens (tertiary/aromatic N) is 4. The van der Waals surface area contributed by atoms with Crippen molar-refractivity contribution in [2.45, 2.75) is 25.9 Å². The molecule has 156 valence electrons. The van der Waals surface area contributed by atoms with Crippen molar-refractivity contribution in [3.63, 3.8) is 0 Å². The summed E-state index contributed by atoms with van der Waals surface area (Å²) in [4.78, 5) is 16.8. The van der Waals surface area contributed by atoms with Crippen LogP contribution in [0.4, 0.5) is 5.69 Å². The van der Waals surface area contributed by atoms with Crippen LogP contribution < -0.4 is 5.32 Å². The summed E-state index contributed by atoms with van der Waals surface area (Å²) in [6, 6.07) is 17.8. The number of aryl methyl sites for hydroxylation is 3. The second kappa shape index (κ2) is 9.14. The molecule has 0 unspecified atom stereocenters. The number of hydrogen-bond donors (Lipinski definition) is 1.